The molecule has 0 aliphatic carbocycles. The van der Waals surface area contributed by atoms with Crippen LogP contribution in [-0.2, 0) is 9.53 Å². The van der Waals surface area contributed by atoms with Crippen LogP contribution in [0, 0.1) is 0 Å². The number of thioether (sulfide) groups is 1. The summed E-state index contributed by atoms with van der Waals surface area (Å²) in [6.07, 6.45) is 10.6. The summed E-state index contributed by atoms with van der Waals surface area (Å²) >= 11 is -0.416. The van der Waals surface area contributed by atoms with Crippen LogP contribution >= 0.6 is 11.8 Å². The molecule has 0 heterocycles. The van der Waals surface area contributed by atoms with E-state index in [1.807, 2.05) is 6.92 Å². The van der Waals surface area contributed by atoms with Gasteiger partial charge in [-0.05, 0) is 0 Å². The summed E-state index contributed by atoms with van der Waals surface area (Å²) in [5.41, 5.74) is 0. The Kier molecular flexibility index (Phi) is 16.1. The Morgan fingerprint density at radius 3 is 1.91 bits per heavy atom. The van der Waals surface area contributed by atoms with E-state index in [1.165, 1.54) is 51.8 Å². The molecule has 0 rings (SSSR count). The zero-order valence-corrected chi connectivity index (χ0v) is 19.5. The van der Waals surface area contributed by atoms with E-state index >= 15 is 0 Å². The normalized spacial score (nSPS) is 12.0. The number of hydrogen-bond acceptors (Lipinski definition) is 3. The quantitative estimate of drug-likeness (QED) is 0.169. The van der Waals surface area contributed by atoms with E-state index < -0.39 is 18.4 Å². The van der Waals surface area contributed by atoms with Crippen molar-refractivity contribution in [2.45, 2.75) is 79.5 Å². The molecule has 0 amide bonds. The van der Waals surface area contributed by atoms with Crippen molar-refractivity contribution in [1.82, 2.24) is 0 Å². The summed E-state index contributed by atoms with van der Waals surface area (Å²) < 4.78 is 12.2. The van der Waals surface area contributed by atoms with Crippen molar-refractivity contribution in [3.05, 3.63) is 10.2 Å². The summed E-state index contributed by atoms with van der Waals surface area (Å²) in [5, 5.41) is 0. The van der Waals surface area contributed by atoms with Crippen LogP contribution in [0.25, 0.3) is 0 Å². The molecule has 0 spiro atoms. The van der Waals surface area contributed by atoms with Gasteiger partial charge in [0.25, 0.3) is 0 Å². The number of hydrogen-bond donors (Lipinski definition) is 0. The van der Waals surface area contributed by atoms with Gasteiger partial charge in [0.2, 0.25) is 0 Å². The van der Waals surface area contributed by atoms with Gasteiger partial charge in [-0.1, -0.05) is 0 Å². The van der Waals surface area contributed by atoms with Crippen molar-refractivity contribution < 1.29 is 9.53 Å². The molecule has 4 heteroatoms. The predicted molar refractivity (Wildman–Crippen MR) is 108 cm³/mol. The van der Waals surface area contributed by atoms with E-state index in [9.17, 15) is 4.79 Å². The molecule has 0 bridgehead atoms. The standard InChI is InChI=1S/C7H11O2S.3C4H9.Sn/c1-3-5-10-6-7(8)9-4-2;3*1-3-4-2;/h1,3H,4-6H2,2H3;3*1,3-4H2,2H3;. The fourth-order valence-electron chi connectivity index (χ4n) is 2.92. The third-order valence-electron chi connectivity index (χ3n) is 4.30. The van der Waals surface area contributed by atoms with E-state index in [-0.39, 0.29) is 5.97 Å². The molecule has 0 aromatic carbocycles. The van der Waals surface area contributed by atoms with E-state index in [4.69, 9.17) is 4.74 Å². The zero-order valence-electron chi connectivity index (χ0n) is 15.9. The van der Waals surface area contributed by atoms with Gasteiger partial charge in [-0.2, -0.15) is 0 Å². The molecule has 23 heavy (non-hydrogen) atoms. The number of esters is 1. The summed E-state index contributed by atoms with van der Waals surface area (Å²) in [6, 6.07) is 0. The second kappa shape index (κ2) is 15.9. The van der Waals surface area contributed by atoms with Gasteiger partial charge in [-0.3, -0.25) is 0 Å². The summed E-state index contributed by atoms with van der Waals surface area (Å²) in [5.74, 6) is 1.37. The minimum atomic E-state index is -2.10. The molecule has 0 atom stereocenters. The van der Waals surface area contributed by atoms with Gasteiger partial charge in [0.1, 0.15) is 0 Å². The SMILES string of the molecule is CCC[CH2][Sn](/[CH]=C/CSCC(=O)OCC)([CH2]CCC)[CH2]CCC. The van der Waals surface area contributed by atoms with Crippen molar-refractivity contribution in [3.63, 3.8) is 0 Å². The summed E-state index contributed by atoms with van der Waals surface area (Å²) in [7, 11) is 0. The average Bonchev–Trinajstić information content (AvgIpc) is 2.55. The molecule has 0 radical (unpaired) electrons. The molecular formula is C19H38O2SSn. The molecule has 0 aliphatic rings. The second-order valence-corrected chi connectivity index (χ2v) is 20.4. The Bertz CT molecular complexity index is 297. The number of carbonyl (C=O) groups is 1. The Hall–Kier alpha value is 0.359. The van der Waals surface area contributed by atoms with E-state index in [0.29, 0.717) is 12.4 Å². The van der Waals surface area contributed by atoms with Crippen molar-refractivity contribution in [2.75, 3.05) is 18.1 Å². The predicted octanol–water partition coefficient (Wildman–Crippen LogP) is 6.23. The van der Waals surface area contributed by atoms with E-state index in [0.717, 1.165) is 5.75 Å². The molecule has 136 valence electrons. The van der Waals surface area contributed by atoms with Crippen LogP contribution < -0.4 is 0 Å². The van der Waals surface area contributed by atoms with Gasteiger partial charge in [-0.25, -0.2) is 0 Å². The Morgan fingerprint density at radius 1 is 0.957 bits per heavy atom. The fraction of sp³-hybridized carbons (Fsp3) is 0.842. The van der Waals surface area contributed by atoms with Gasteiger partial charge in [-0.15, -0.1) is 0 Å². The average molecular weight is 449 g/mol. The monoisotopic (exact) mass is 450 g/mol. The first-order valence-corrected chi connectivity index (χ1v) is 18.4. The Balaban J connectivity index is 4.54. The third kappa shape index (κ3) is 12.4. The Morgan fingerprint density at radius 2 is 1.48 bits per heavy atom. The van der Waals surface area contributed by atoms with Gasteiger partial charge in [0.05, 0.1) is 0 Å². The van der Waals surface area contributed by atoms with Crippen LogP contribution in [0.15, 0.2) is 10.2 Å². The molecule has 0 fully saturated rings. The van der Waals surface area contributed by atoms with E-state index in [1.54, 1.807) is 11.8 Å². The first-order valence-electron chi connectivity index (χ1n) is 9.55. The van der Waals surface area contributed by atoms with Gasteiger partial charge >= 0.3 is 153 Å². The topological polar surface area (TPSA) is 26.3 Å². The van der Waals surface area contributed by atoms with Crippen LogP contribution in [0.4, 0.5) is 0 Å². The number of ether oxygens (including phenoxy) is 1. The van der Waals surface area contributed by atoms with Crippen LogP contribution in [0.2, 0.25) is 13.3 Å². The van der Waals surface area contributed by atoms with Gasteiger partial charge in [0.15, 0.2) is 0 Å². The van der Waals surface area contributed by atoms with Gasteiger partial charge < -0.3 is 0 Å². The minimum absolute atomic E-state index is 0.0800. The zero-order chi connectivity index (χ0) is 17.4. The molecule has 0 N–H and O–H groups in total. The Labute approximate surface area is 153 Å². The summed E-state index contributed by atoms with van der Waals surface area (Å²) in [4.78, 5) is 11.4. The van der Waals surface area contributed by atoms with Crippen molar-refractivity contribution in [1.29, 1.82) is 0 Å². The molecular weight excluding hydrogens is 411 g/mol. The van der Waals surface area contributed by atoms with Gasteiger partial charge in [0, 0.05) is 0 Å². The molecule has 0 unspecified atom stereocenters. The third-order valence-corrected chi connectivity index (χ3v) is 19.4. The van der Waals surface area contributed by atoms with E-state index in [2.05, 4.69) is 30.9 Å². The van der Waals surface area contributed by atoms with Crippen molar-refractivity contribution in [2.24, 2.45) is 0 Å². The summed E-state index contributed by atoms with van der Waals surface area (Å²) in [6.45, 7) is 9.29. The fourth-order valence-corrected chi connectivity index (χ4v) is 18.4. The molecule has 0 aromatic heterocycles. The number of unbranched alkanes of at least 4 members (excludes halogenated alkanes) is 3. The molecule has 0 aliphatic heterocycles. The maximum atomic E-state index is 11.4. The first-order chi connectivity index (χ1) is 11.1. The first kappa shape index (κ1) is 23.4. The number of rotatable bonds is 15. The molecule has 0 saturated carbocycles. The molecule has 2 nitrogen and oxygen atoms in total. The van der Waals surface area contributed by atoms with Crippen LogP contribution in [0.1, 0.15) is 66.2 Å². The van der Waals surface area contributed by atoms with Crippen LogP contribution in [0.5, 0.6) is 0 Å². The van der Waals surface area contributed by atoms with Crippen molar-refractivity contribution >= 4 is 36.1 Å². The second-order valence-electron chi connectivity index (χ2n) is 6.40. The number of carbonyl (C=O) groups excluding carboxylic acids is 1. The van der Waals surface area contributed by atoms with Crippen LogP contribution in [-0.4, -0.2) is 42.5 Å². The molecule has 0 saturated heterocycles. The van der Waals surface area contributed by atoms with Crippen molar-refractivity contribution in [3.8, 4) is 0 Å². The van der Waals surface area contributed by atoms with Crippen LogP contribution in [0.3, 0.4) is 0 Å². The maximum absolute atomic E-state index is 11.4. The molecule has 0 aromatic rings.